The molecule has 0 saturated carbocycles. The van der Waals surface area contributed by atoms with Gasteiger partial charge in [0.2, 0.25) is 0 Å². The first-order chi connectivity index (χ1) is 7.40. The van der Waals surface area contributed by atoms with Gasteiger partial charge >= 0.3 is 0 Å². The van der Waals surface area contributed by atoms with E-state index in [-0.39, 0.29) is 0 Å². The normalized spacial score (nSPS) is 23.1. The molecule has 0 radical (unpaired) electrons. The van der Waals surface area contributed by atoms with Gasteiger partial charge in [0, 0.05) is 24.6 Å². The van der Waals surface area contributed by atoms with Crippen LogP contribution in [0, 0.1) is 0 Å². The van der Waals surface area contributed by atoms with E-state index in [9.17, 15) is 0 Å². The van der Waals surface area contributed by atoms with Crippen LogP contribution in [0.1, 0.15) is 31.9 Å². The first-order valence-corrected chi connectivity index (χ1v) is 6.56. The molecular weight excluding hydrogens is 208 g/mol. The van der Waals surface area contributed by atoms with Crippen molar-refractivity contribution in [2.75, 3.05) is 6.61 Å². The number of nitrogens with one attached hydrogen (secondary N) is 1. The predicted molar refractivity (Wildman–Crippen MR) is 62.0 cm³/mol. The van der Waals surface area contributed by atoms with Crippen LogP contribution in [-0.4, -0.2) is 23.7 Å². The van der Waals surface area contributed by atoms with Crippen molar-refractivity contribution in [1.29, 1.82) is 0 Å². The molecule has 3 nitrogen and oxygen atoms in total. The zero-order chi connectivity index (χ0) is 10.5. The van der Waals surface area contributed by atoms with Gasteiger partial charge < -0.3 is 10.1 Å². The number of nitrogens with zero attached hydrogens (tertiary/aromatic N) is 1. The Bertz CT molecular complexity index is 270. The molecule has 0 spiro atoms. The van der Waals surface area contributed by atoms with E-state index in [1.54, 1.807) is 11.3 Å². The molecule has 1 fully saturated rings. The molecule has 1 aliphatic rings. The third-order valence-electron chi connectivity index (χ3n) is 2.88. The first kappa shape index (κ1) is 11.0. The van der Waals surface area contributed by atoms with Gasteiger partial charge in [0.05, 0.1) is 17.3 Å². The zero-order valence-corrected chi connectivity index (χ0v) is 9.93. The Balaban J connectivity index is 1.80. The lowest BCUT2D eigenvalue weighted by molar-refractivity contribution is 0.0764. The molecule has 0 aromatic carbocycles. The summed E-state index contributed by atoms with van der Waals surface area (Å²) in [6.07, 6.45) is 3.94. The van der Waals surface area contributed by atoms with Crippen LogP contribution in [-0.2, 0) is 11.3 Å². The van der Waals surface area contributed by atoms with Gasteiger partial charge in [0.25, 0.3) is 0 Å². The lowest BCUT2D eigenvalue weighted by Gasteiger charge is -2.22. The van der Waals surface area contributed by atoms with Crippen LogP contribution in [0.2, 0.25) is 0 Å². The maximum atomic E-state index is 5.70. The number of hydrogen-bond donors (Lipinski definition) is 1. The molecule has 1 saturated heterocycles. The van der Waals surface area contributed by atoms with E-state index in [1.165, 1.54) is 12.8 Å². The second-order valence-electron chi connectivity index (χ2n) is 3.93. The summed E-state index contributed by atoms with van der Waals surface area (Å²) >= 11 is 1.65. The van der Waals surface area contributed by atoms with Gasteiger partial charge in [0.1, 0.15) is 0 Å². The molecule has 1 aliphatic heterocycles. The smallest absolute Gasteiger partial charge is 0.0795 e. The van der Waals surface area contributed by atoms with Crippen molar-refractivity contribution in [3.63, 3.8) is 0 Å². The predicted octanol–water partition coefficient (Wildman–Crippen LogP) is 2.19. The van der Waals surface area contributed by atoms with E-state index < -0.39 is 0 Å². The van der Waals surface area contributed by atoms with E-state index >= 15 is 0 Å². The maximum absolute atomic E-state index is 5.70. The van der Waals surface area contributed by atoms with Crippen LogP contribution in [0.15, 0.2) is 10.9 Å². The maximum Gasteiger partial charge on any atom is 0.0795 e. The van der Waals surface area contributed by atoms with Crippen molar-refractivity contribution in [2.45, 2.75) is 44.9 Å². The lowest BCUT2D eigenvalue weighted by atomic mass is 10.1. The van der Waals surface area contributed by atoms with Gasteiger partial charge in [-0.1, -0.05) is 6.92 Å². The molecular formula is C11H18N2OS. The van der Waals surface area contributed by atoms with Crippen molar-refractivity contribution < 1.29 is 4.74 Å². The Morgan fingerprint density at radius 3 is 3.27 bits per heavy atom. The van der Waals surface area contributed by atoms with Gasteiger partial charge in [-0.3, -0.25) is 0 Å². The van der Waals surface area contributed by atoms with Crippen LogP contribution in [0.4, 0.5) is 0 Å². The quantitative estimate of drug-likeness (QED) is 0.835. The van der Waals surface area contributed by atoms with Crippen LogP contribution < -0.4 is 5.32 Å². The van der Waals surface area contributed by atoms with E-state index in [1.807, 2.05) is 5.51 Å². The lowest BCUT2D eigenvalue weighted by Crippen LogP contribution is -2.38. The molecule has 2 unspecified atom stereocenters. The molecule has 2 heterocycles. The van der Waals surface area contributed by atoms with Crippen LogP contribution in [0.3, 0.4) is 0 Å². The highest BCUT2D eigenvalue weighted by Gasteiger charge is 2.23. The number of rotatable bonds is 5. The van der Waals surface area contributed by atoms with Crippen molar-refractivity contribution in [1.82, 2.24) is 10.3 Å². The summed E-state index contributed by atoms with van der Waals surface area (Å²) in [4.78, 5) is 4.26. The summed E-state index contributed by atoms with van der Waals surface area (Å²) in [5.41, 5.74) is 3.01. The third-order valence-corrected chi connectivity index (χ3v) is 3.52. The van der Waals surface area contributed by atoms with Crippen molar-refractivity contribution in [3.8, 4) is 0 Å². The highest BCUT2D eigenvalue weighted by atomic mass is 32.1. The third kappa shape index (κ3) is 3.00. The first-order valence-electron chi connectivity index (χ1n) is 5.62. The minimum atomic E-state index is 0.411. The Morgan fingerprint density at radius 2 is 2.67 bits per heavy atom. The Hall–Kier alpha value is -0.450. The molecule has 1 aromatic rings. The molecule has 2 rings (SSSR count). The van der Waals surface area contributed by atoms with Crippen molar-refractivity contribution in [2.24, 2.45) is 0 Å². The number of aromatic nitrogens is 1. The summed E-state index contributed by atoms with van der Waals surface area (Å²) in [6.45, 7) is 4.00. The van der Waals surface area contributed by atoms with E-state index in [0.29, 0.717) is 12.1 Å². The molecule has 1 aromatic heterocycles. The molecule has 84 valence electrons. The number of thiazole rings is 1. The van der Waals surface area contributed by atoms with E-state index in [0.717, 1.165) is 25.3 Å². The van der Waals surface area contributed by atoms with Crippen LogP contribution in [0.5, 0.6) is 0 Å². The number of ether oxygens (including phenoxy) is 1. The second-order valence-corrected chi connectivity index (χ2v) is 4.65. The summed E-state index contributed by atoms with van der Waals surface area (Å²) in [5.74, 6) is 0. The van der Waals surface area contributed by atoms with Crippen molar-refractivity contribution >= 4 is 11.3 Å². The monoisotopic (exact) mass is 226 g/mol. The highest BCUT2D eigenvalue weighted by Crippen LogP contribution is 2.17. The zero-order valence-electron chi connectivity index (χ0n) is 9.11. The highest BCUT2D eigenvalue weighted by molar-refractivity contribution is 7.07. The molecule has 1 N–H and O–H groups in total. The summed E-state index contributed by atoms with van der Waals surface area (Å²) in [6, 6.07) is 0.481. The summed E-state index contributed by atoms with van der Waals surface area (Å²) < 4.78 is 5.70. The standard InChI is InChI=1S/C11H18N2OS/c1-2-10(11-4-3-5-14-11)12-6-9-7-15-8-13-9/h7-8,10-12H,2-6H2,1H3. The average Bonchev–Trinajstić information content (AvgIpc) is 2.90. The molecule has 15 heavy (non-hydrogen) atoms. The van der Waals surface area contributed by atoms with Gasteiger partial charge in [-0.15, -0.1) is 11.3 Å². The van der Waals surface area contributed by atoms with Crippen LogP contribution in [0.25, 0.3) is 0 Å². The fourth-order valence-electron chi connectivity index (χ4n) is 2.02. The number of hydrogen-bond acceptors (Lipinski definition) is 4. The van der Waals surface area contributed by atoms with Crippen LogP contribution >= 0.6 is 11.3 Å². The van der Waals surface area contributed by atoms with Gasteiger partial charge in [-0.05, 0) is 19.3 Å². The van der Waals surface area contributed by atoms with E-state index in [4.69, 9.17) is 4.74 Å². The summed E-state index contributed by atoms with van der Waals surface area (Å²) in [7, 11) is 0. The summed E-state index contributed by atoms with van der Waals surface area (Å²) in [5, 5.41) is 5.63. The molecule has 0 bridgehead atoms. The minimum absolute atomic E-state index is 0.411. The van der Waals surface area contributed by atoms with Gasteiger partial charge in [-0.2, -0.15) is 0 Å². The fourth-order valence-corrected chi connectivity index (χ4v) is 2.58. The Kier molecular flexibility index (Phi) is 4.11. The fraction of sp³-hybridized carbons (Fsp3) is 0.727. The van der Waals surface area contributed by atoms with Gasteiger partial charge in [0.15, 0.2) is 0 Å². The second kappa shape index (κ2) is 5.58. The molecule has 0 amide bonds. The molecule has 0 aliphatic carbocycles. The average molecular weight is 226 g/mol. The van der Waals surface area contributed by atoms with Crippen molar-refractivity contribution in [3.05, 3.63) is 16.6 Å². The Labute approximate surface area is 94.9 Å². The Morgan fingerprint density at radius 1 is 1.73 bits per heavy atom. The van der Waals surface area contributed by atoms with E-state index in [2.05, 4.69) is 22.6 Å². The SMILES string of the molecule is CCC(NCc1cscn1)C1CCCO1. The minimum Gasteiger partial charge on any atom is -0.377 e. The van der Waals surface area contributed by atoms with Gasteiger partial charge in [-0.25, -0.2) is 4.98 Å². The topological polar surface area (TPSA) is 34.2 Å². The molecule has 2 atom stereocenters. The molecule has 4 heteroatoms. The largest absolute Gasteiger partial charge is 0.377 e.